The number of amides is 2. The lowest BCUT2D eigenvalue weighted by molar-refractivity contribution is -0.141. The van der Waals surface area contributed by atoms with Crippen LogP contribution in [0.2, 0.25) is 0 Å². The Labute approximate surface area is 216 Å². The van der Waals surface area contributed by atoms with Crippen molar-refractivity contribution >= 4 is 35.3 Å². The molecular formula is C26H37N3O8. The summed E-state index contributed by atoms with van der Waals surface area (Å²) in [7, 11) is 2.50. The predicted octanol–water partition coefficient (Wildman–Crippen LogP) is 2.18. The summed E-state index contributed by atoms with van der Waals surface area (Å²) in [5.41, 5.74) is 0.846. The van der Waals surface area contributed by atoms with E-state index in [0.29, 0.717) is 28.1 Å². The molecule has 0 bridgehead atoms. The molecule has 0 radical (unpaired) electrons. The van der Waals surface area contributed by atoms with Crippen LogP contribution in [0, 0.1) is 5.41 Å². The Kier molecular flexibility index (Phi) is 9.29. The molecule has 2 rings (SSSR count). The molecule has 1 aromatic heterocycles. The third-order valence-electron chi connectivity index (χ3n) is 5.84. The predicted molar refractivity (Wildman–Crippen MR) is 134 cm³/mol. The fourth-order valence-electron chi connectivity index (χ4n) is 4.20. The van der Waals surface area contributed by atoms with Crippen LogP contribution in [0.4, 0.5) is 0 Å². The molecule has 1 aliphatic heterocycles. The standard InChI is InChI=1S/C26H37N3O8/c1-14(30)27-13-17(23-26(5,6)12-18(31)28-23)21-16(11-20(33)36-8)15(9-10-19(32)35-7)22(29-21)24(34)37-25(2,3)4/h29H,9-13H2,1-8H3,(H,27,30)(H,28,31)/b23-17-. The van der Waals surface area contributed by atoms with Crippen LogP contribution in [-0.2, 0) is 46.2 Å². The molecule has 3 N–H and O–H groups in total. The first kappa shape index (κ1) is 29.6. The van der Waals surface area contributed by atoms with Crippen molar-refractivity contribution in [2.75, 3.05) is 20.8 Å². The fourth-order valence-corrected chi connectivity index (χ4v) is 4.20. The maximum atomic E-state index is 13.3. The summed E-state index contributed by atoms with van der Waals surface area (Å²) < 4.78 is 15.3. The average molecular weight is 520 g/mol. The van der Waals surface area contributed by atoms with Gasteiger partial charge in [0.25, 0.3) is 0 Å². The highest BCUT2D eigenvalue weighted by atomic mass is 16.6. The van der Waals surface area contributed by atoms with Gasteiger partial charge in [0.05, 0.1) is 20.6 Å². The van der Waals surface area contributed by atoms with E-state index >= 15 is 0 Å². The lowest BCUT2D eigenvalue weighted by Gasteiger charge is -2.23. The van der Waals surface area contributed by atoms with E-state index in [2.05, 4.69) is 15.6 Å². The average Bonchev–Trinajstić information content (AvgIpc) is 3.26. The number of allylic oxidation sites excluding steroid dienone is 1. The topological polar surface area (TPSA) is 153 Å². The van der Waals surface area contributed by atoms with E-state index in [0.717, 1.165) is 0 Å². The summed E-state index contributed by atoms with van der Waals surface area (Å²) in [4.78, 5) is 65.0. The van der Waals surface area contributed by atoms with Crippen molar-refractivity contribution in [3.8, 4) is 0 Å². The minimum Gasteiger partial charge on any atom is -0.469 e. The third kappa shape index (κ3) is 7.68. The summed E-state index contributed by atoms with van der Waals surface area (Å²) in [6.45, 7) is 10.3. The Bertz CT molecular complexity index is 1120. The second-order valence-corrected chi connectivity index (χ2v) is 10.5. The number of carbonyl (C=O) groups is 5. The van der Waals surface area contributed by atoms with Gasteiger partial charge in [-0.3, -0.25) is 19.2 Å². The Hall–Kier alpha value is -3.63. The number of carbonyl (C=O) groups excluding carboxylic acids is 5. The molecule has 1 fully saturated rings. The molecule has 2 heterocycles. The number of aromatic nitrogens is 1. The van der Waals surface area contributed by atoms with E-state index in [1.54, 1.807) is 20.8 Å². The summed E-state index contributed by atoms with van der Waals surface area (Å²) in [5.74, 6) is -2.25. The van der Waals surface area contributed by atoms with Gasteiger partial charge in [0.1, 0.15) is 11.3 Å². The summed E-state index contributed by atoms with van der Waals surface area (Å²) in [6, 6.07) is 0. The van der Waals surface area contributed by atoms with E-state index in [1.165, 1.54) is 21.1 Å². The van der Waals surface area contributed by atoms with Crippen LogP contribution in [0.15, 0.2) is 5.70 Å². The van der Waals surface area contributed by atoms with Crippen molar-refractivity contribution in [3.05, 3.63) is 28.2 Å². The molecule has 11 nitrogen and oxygen atoms in total. The minimum atomic E-state index is -0.816. The summed E-state index contributed by atoms with van der Waals surface area (Å²) in [5, 5.41) is 5.63. The van der Waals surface area contributed by atoms with Gasteiger partial charge >= 0.3 is 17.9 Å². The zero-order valence-electron chi connectivity index (χ0n) is 22.8. The van der Waals surface area contributed by atoms with Crippen molar-refractivity contribution in [3.63, 3.8) is 0 Å². The number of ether oxygens (including phenoxy) is 3. The molecule has 0 spiro atoms. The highest BCUT2D eigenvalue weighted by molar-refractivity contribution is 5.94. The van der Waals surface area contributed by atoms with Gasteiger partial charge in [0.15, 0.2) is 0 Å². The van der Waals surface area contributed by atoms with Gasteiger partial charge in [0, 0.05) is 48.7 Å². The van der Waals surface area contributed by atoms with E-state index in [-0.39, 0.29) is 49.7 Å². The van der Waals surface area contributed by atoms with Crippen LogP contribution in [-0.4, -0.2) is 61.1 Å². The molecule has 11 heteroatoms. The lowest BCUT2D eigenvalue weighted by atomic mass is 9.84. The number of hydrogen-bond acceptors (Lipinski definition) is 8. The van der Waals surface area contributed by atoms with Gasteiger partial charge in [-0.1, -0.05) is 13.8 Å². The van der Waals surface area contributed by atoms with Crippen molar-refractivity contribution in [2.24, 2.45) is 5.41 Å². The van der Waals surface area contributed by atoms with Crippen LogP contribution in [0.5, 0.6) is 0 Å². The van der Waals surface area contributed by atoms with Crippen molar-refractivity contribution in [1.82, 2.24) is 15.6 Å². The fraction of sp³-hybridized carbons (Fsp3) is 0.577. The third-order valence-corrected chi connectivity index (χ3v) is 5.84. The van der Waals surface area contributed by atoms with E-state index < -0.39 is 28.9 Å². The van der Waals surface area contributed by atoms with Crippen LogP contribution in [0.1, 0.15) is 81.7 Å². The Balaban J connectivity index is 2.87. The van der Waals surface area contributed by atoms with Crippen molar-refractivity contribution in [1.29, 1.82) is 0 Å². The number of H-pyrrole nitrogens is 1. The largest absolute Gasteiger partial charge is 0.469 e. The second-order valence-electron chi connectivity index (χ2n) is 10.5. The van der Waals surface area contributed by atoms with Crippen LogP contribution >= 0.6 is 0 Å². The van der Waals surface area contributed by atoms with Gasteiger partial charge in [-0.2, -0.15) is 0 Å². The number of aromatic amines is 1. The highest BCUT2D eigenvalue weighted by Gasteiger charge is 2.39. The molecule has 37 heavy (non-hydrogen) atoms. The smallest absolute Gasteiger partial charge is 0.355 e. The zero-order valence-corrected chi connectivity index (χ0v) is 22.8. The molecule has 1 aliphatic rings. The van der Waals surface area contributed by atoms with Gasteiger partial charge in [-0.25, -0.2) is 4.79 Å². The van der Waals surface area contributed by atoms with E-state index in [1.807, 2.05) is 13.8 Å². The molecule has 0 unspecified atom stereocenters. The molecule has 0 aliphatic carbocycles. The molecule has 1 aromatic rings. The Morgan fingerprint density at radius 2 is 1.62 bits per heavy atom. The second kappa shape index (κ2) is 11.6. The maximum Gasteiger partial charge on any atom is 0.355 e. The van der Waals surface area contributed by atoms with Gasteiger partial charge in [-0.05, 0) is 38.3 Å². The first-order chi connectivity index (χ1) is 17.1. The first-order valence-corrected chi connectivity index (χ1v) is 12.0. The van der Waals surface area contributed by atoms with E-state index in [4.69, 9.17) is 14.2 Å². The Morgan fingerprint density at radius 1 is 1.00 bits per heavy atom. The van der Waals surface area contributed by atoms with Gasteiger partial charge in [0.2, 0.25) is 11.8 Å². The van der Waals surface area contributed by atoms with Crippen molar-refractivity contribution in [2.45, 2.75) is 72.8 Å². The van der Waals surface area contributed by atoms with E-state index in [9.17, 15) is 24.0 Å². The lowest BCUT2D eigenvalue weighted by Crippen LogP contribution is -2.27. The number of hydrogen-bond donors (Lipinski definition) is 3. The molecular weight excluding hydrogens is 482 g/mol. The maximum absolute atomic E-state index is 13.3. The van der Waals surface area contributed by atoms with Gasteiger partial charge in [-0.15, -0.1) is 0 Å². The van der Waals surface area contributed by atoms with Crippen LogP contribution in [0.25, 0.3) is 5.57 Å². The monoisotopic (exact) mass is 519 g/mol. The number of rotatable bonds is 9. The molecule has 0 saturated carbocycles. The number of methoxy groups -OCH3 is 2. The number of esters is 3. The molecule has 0 atom stereocenters. The zero-order chi connectivity index (χ0) is 28.1. The van der Waals surface area contributed by atoms with Gasteiger partial charge < -0.3 is 29.8 Å². The molecule has 204 valence electrons. The van der Waals surface area contributed by atoms with Crippen molar-refractivity contribution < 1.29 is 38.2 Å². The molecule has 1 saturated heterocycles. The molecule has 2 amide bonds. The highest BCUT2D eigenvalue weighted by Crippen LogP contribution is 2.40. The quantitative estimate of drug-likeness (QED) is 0.332. The normalized spacial score (nSPS) is 16.1. The SMILES string of the molecule is COC(=O)CCc1c(C(=O)OC(C)(C)C)[nH]c(/C(CNC(C)=O)=C2\NC(=O)CC2(C)C)c1CC(=O)OC. The first-order valence-electron chi connectivity index (χ1n) is 12.0. The minimum absolute atomic E-state index is 0.00721. The summed E-state index contributed by atoms with van der Waals surface area (Å²) >= 11 is 0. The number of nitrogens with one attached hydrogen (secondary N) is 3. The van der Waals surface area contributed by atoms with Crippen LogP contribution in [0.3, 0.4) is 0 Å². The molecule has 0 aromatic carbocycles. The summed E-state index contributed by atoms with van der Waals surface area (Å²) in [6.07, 6.45) is 0.000105. The van der Waals surface area contributed by atoms with Crippen LogP contribution < -0.4 is 10.6 Å². The Morgan fingerprint density at radius 3 is 2.11 bits per heavy atom.